The van der Waals surface area contributed by atoms with Crippen molar-refractivity contribution >= 4 is 34.9 Å². The lowest BCUT2D eigenvalue weighted by molar-refractivity contribution is -0.120. The summed E-state index contributed by atoms with van der Waals surface area (Å²) in [7, 11) is 0. The van der Waals surface area contributed by atoms with Gasteiger partial charge in [0.05, 0.1) is 28.7 Å². The van der Waals surface area contributed by atoms with E-state index in [1.807, 2.05) is 6.08 Å². The summed E-state index contributed by atoms with van der Waals surface area (Å²) in [4.78, 5) is 34.3. The van der Waals surface area contributed by atoms with Crippen molar-refractivity contribution in [2.75, 3.05) is 11.9 Å². The van der Waals surface area contributed by atoms with Crippen molar-refractivity contribution < 1.29 is 34.1 Å². The molecule has 0 saturated carbocycles. The number of aromatic hydroxyl groups is 2. The first-order valence-electron chi connectivity index (χ1n) is 11.1. The number of carbonyl (C=O) groups is 2. The molecule has 1 amide bonds. The number of carbonyl (C=O) groups excluding carboxylic acids is 2. The Hall–Kier alpha value is -3.89. The first-order chi connectivity index (χ1) is 17.3. The summed E-state index contributed by atoms with van der Waals surface area (Å²) < 4.78 is 11.1. The molecule has 188 valence electrons. The fourth-order valence-corrected chi connectivity index (χ4v) is 3.88. The zero-order chi connectivity index (χ0) is 25.7. The third-order valence-corrected chi connectivity index (χ3v) is 5.82. The van der Waals surface area contributed by atoms with Gasteiger partial charge in [-0.05, 0) is 30.7 Å². The minimum absolute atomic E-state index is 0.0911. The average molecular weight is 514 g/mol. The molecule has 0 bridgehead atoms. The topological polar surface area (TPSA) is 143 Å². The number of hydrogen-bond donors (Lipinski definition) is 3. The van der Waals surface area contributed by atoms with Crippen LogP contribution in [0.25, 0.3) is 0 Å². The molecule has 10 nitrogen and oxygen atoms in total. The summed E-state index contributed by atoms with van der Waals surface area (Å²) in [5.41, 5.74) is 0.663. The van der Waals surface area contributed by atoms with Crippen LogP contribution in [0, 0.1) is 0 Å². The number of phenolic OH excluding ortho intramolecular Hbond substituents is 2. The van der Waals surface area contributed by atoms with Crippen molar-refractivity contribution in [1.29, 1.82) is 0 Å². The van der Waals surface area contributed by atoms with Crippen LogP contribution in [0.1, 0.15) is 29.3 Å². The maximum atomic E-state index is 12.9. The first-order valence-corrected chi connectivity index (χ1v) is 11.5. The molecule has 0 unspecified atom stereocenters. The molecule has 1 fully saturated rings. The van der Waals surface area contributed by atoms with E-state index in [1.54, 1.807) is 43.5 Å². The van der Waals surface area contributed by atoms with Crippen LogP contribution in [-0.2, 0) is 25.5 Å². The zero-order valence-electron chi connectivity index (χ0n) is 19.3. The number of halogens is 1. The van der Waals surface area contributed by atoms with Gasteiger partial charge in [0.1, 0.15) is 29.3 Å². The number of cyclic esters (lactones) is 1. The Morgan fingerprint density at radius 2 is 2.17 bits per heavy atom. The highest BCUT2D eigenvalue weighted by molar-refractivity contribution is 6.33. The summed E-state index contributed by atoms with van der Waals surface area (Å²) in [6, 6.07) is 4.33. The van der Waals surface area contributed by atoms with Crippen LogP contribution in [0.15, 0.2) is 60.1 Å². The lowest BCUT2D eigenvalue weighted by Gasteiger charge is -2.17. The third kappa shape index (κ3) is 6.41. The summed E-state index contributed by atoms with van der Waals surface area (Å²) in [6.45, 7) is 1.33. The van der Waals surface area contributed by atoms with Crippen molar-refractivity contribution in [1.82, 2.24) is 4.98 Å². The number of nitrogens with zero attached hydrogens (tertiary/aromatic N) is 2. The number of fused-ring (bicyclic) bond motifs is 2. The number of phenols is 2. The summed E-state index contributed by atoms with van der Waals surface area (Å²) >= 11 is 6.31. The average Bonchev–Trinajstić information content (AvgIpc) is 3.56. The largest absolute Gasteiger partial charge is 0.507 e. The maximum absolute atomic E-state index is 12.9. The van der Waals surface area contributed by atoms with Gasteiger partial charge >= 0.3 is 5.97 Å². The first kappa shape index (κ1) is 25.2. The lowest BCUT2D eigenvalue weighted by atomic mass is 9.99. The summed E-state index contributed by atoms with van der Waals surface area (Å²) in [5, 5.41) is 27.1. The third-order valence-electron chi connectivity index (χ3n) is 5.40. The summed E-state index contributed by atoms with van der Waals surface area (Å²) in [6.07, 6.45) is 9.68. The normalized spacial score (nSPS) is 24.4. The van der Waals surface area contributed by atoms with Crippen LogP contribution < -0.4 is 5.32 Å². The SMILES string of the molecule is C[C@@H]1C[C@H]2O[C@@H]2/C=C/C=C/C(=N\OCC(=O)Nc2cccnc2)Cc2c(Cl)c(O)cc(O)c2C(=O)O1. The fraction of sp³-hybridized carbons (Fsp3) is 0.280. The van der Waals surface area contributed by atoms with E-state index < -0.39 is 36.1 Å². The summed E-state index contributed by atoms with van der Waals surface area (Å²) in [5.74, 6) is -2.16. The number of nitrogens with one attached hydrogen (secondary N) is 1. The van der Waals surface area contributed by atoms with Crippen LogP contribution in [0.4, 0.5) is 5.69 Å². The number of epoxide rings is 1. The molecule has 11 heteroatoms. The van der Waals surface area contributed by atoms with E-state index in [-0.39, 0.29) is 40.5 Å². The molecule has 2 aliphatic heterocycles. The van der Waals surface area contributed by atoms with Gasteiger partial charge in [-0.2, -0.15) is 0 Å². The molecular weight excluding hydrogens is 490 g/mol. The van der Waals surface area contributed by atoms with Crippen LogP contribution in [-0.4, -0.2) is 57.7 Å². The number of ether oxygens (including phenoxy) is 2. The molecule has 3 atom stereocenters. The molecule has 1 aromatic heterocycles. The van der Waals surface area contributed by atoms with E-state index in [2.05, 4.69) is 15.5 Å². The predicted molar refractivity (Wildman–Crippen MR) is 131 cm³/mol. The van der Waals surface area contributed by atoms with Gasteiger partial charge in [-0.25, -0.2) is 4.79 Å². The molecule has 3 N–H and O–H groups in total. The monoisotopic (exact) mass is 513 g/mol. The van der Waals surface area contributed by atoms with Gasteiger partial charge in [0, 0.05) is 25.1 Å². The van der Waals surface area contributed by atoms with E-state index >= 15 is 0 Å². The van der Waals surface area contributed by atoms with Crippen molar-refractivity contribution in [2.24, 2.45) is 5.16 Å². The Kier molecular flexibility index (Phi) is 7.87. The molecule has 0 spiro atoms. The number of allylic oxidation sites excluding steroid dienone is 3. The second-order valence-electron chi connectivity index (χ2n) is 8.24. The number of rotatable bonds is 4. The van der Waals surface area contributed by atoms with E-state index in [9.17, 15) is 19.8 Å². The van der Waals surface area contributed by atoms with Crippen LogP contribution in [0.2, 0.25) is 5.02 Å². The number of benzene rings is 1. The quantitative estimate of drug-likeness (QED) is 0.320. The Labute approximate surface area is 211 Å². The minimum atomic E-state index is -0.804. The molecule has 2 aromatic rings. The van der Waals surface area contributed by atoms with E-state index in [0.717, 1.165) is 6.07 Å². The number of anilines is 1. The number of hydrogen-bond acceptors (Lipinski definition) is 9. The van der Waals surface area contributed by atoms with Crippen LogP contribution in [0.3, 0.4) is 0 Å². The molecule has 3 heterocycles. The Bertz CT molecular complexity index is 1230. The highest BCUT2D eigenvalue weighted by Crippen LogP contribution is 2.38. The fourth-order valence-electron chi connectivity index (χ4n) is 3.66. The number of amides is 1. The molecule has 36 heavy (non-hydrogen) atoms. The molecule has 2 aliphatic rings. The molecule has 0 aliphatic carbocycles. The van der Waals surface area contributed by atoms with Crippen LogP contribution >= 0.6 is 11.6 Å². The number of esters is 1. The van der Waals surface area contributed by atoms with E-state index in [4.69, 9.17) is 25.9 Å². The molecule has 1 saturated heterocycles. The minimum Gasteiger partial charge on any atom is -0.507 e. The van der Waals surface area contributed by atoms with Gasteiger partial charge in [0.25, 0.3) is 5.91 Å². The highest BCUT2D eigenvalue weighted by atomic mass is 35.5. The Balaban J connectivity index is 1.60. The van der Waals surface area contributed by atoms with Gasteiger partial charge in [-0.15, -0.1) is 0 Å². The molecule has 1 aromatic carbocycles. The van der Waals surface area contributed by atoms with Crippen molar-refractivity contribution in [3.63, 3.8) is 0 Å². The predicted octanol–water partition coefficient (Wildman–Crippen LogP) is 3.53. The molecule has 4 rings (SSSR count). The Morgan fingerprint density at radius 3 is 2.94 bits per heavy atom. The number of aromatic nitrogens is 1. The van der Waals surface area contributed by atoms with Crippen molar-refractivity contribution in [2.45, 2.75) is 38.1 Å². The number of pyridine rings is 1. The maximum Gasteiger partial charge on any atom is 0.342 e. The standard InChI is InChI=1S/C25H24ClN3O7/c1-14-9-21-20(36-21)7-3-2-5-15(29-34-13-22(32)28-16-6-4-8-27-12-16)10-17-23(25(33)35-14)18(30)11-19(31)24(17)26/h2-8,11-12,14,20-21,30-31H,9-10,13H2,1H3,(H,28,32)/b5-2+,7-3+,29-15+/t14-,20-,21-/m1/s1. The smallest absolute Gasteiger partial charge is 0.342 e. The highest BCUT2D eigenvalue weighted by Gasteiger charge is 2.38. The number of oxime groups is 1. The second-order valence-corrected chi connectivity index (χ2v) is 8.62. The molecule has 0 radical (unpaired) electrons. The van der Waals surface area contributed by atoms with Crippen molar-refractivity contribution in [3.05, 3.63) is 71.0 Å². The van der Waals surface area contributed by atoms with Gasteiger partial charge in [-0.3, -0.25) is 9.78 Å². The second kappa shape index (κ2) is 11.2. The van der Waals surface area contributed by atoms with Gasteiger partial charge in [-0.1, -0.05) is 35.0 Å². The zero-order valence-corrected chi connectivity index (χ0v) is 20.0. The van der Waals surface area contributed by atoms with Crippen molar-refractivity contribution in [3.8, 4) is 11.5 Å². The van der Waals surface area contributed by atoms with Crippen LogP contribution in [0.5, 0.6) is 11.5 Å². The van der Waals surface area contributed by atoms with E-state index in [1.165, 1.54) is 6.20 Å². The van der Waals surface area contributed by atoms with Gasteiger partial charge in [0.15, 0.2) is 6.61 Å². The van der Waals surface area contributed by atoms with E-state index in [0.29, 0.717) is 12.1 Å². The van der Waals surface area contributed by atoms with Gasteiger partial charge < -0.3 is 29.8 Å². The Morgan fingerprint density at radius 1 is 1.33 bits per heavy atom. The molecular formula is C25H24ClN3O7. The van der Waals surface area contributed by atoms with Gasteiger partial charge in [0.2, 0.25) is 0 Å². The lowest BCUT2D eigenvalue weighted by Crippen LogP contribution is -2.20.